The third-order valence-electron chi connectivity index (χ3n) is 3.84. The summed E-state index contributed by atoms with van der Waals surface area (Å²) in [5.41, 5.74) is 0.756. The fraction of sp³-hybridized carbons (Fsp3) is 0.357. The molecule has 1 aliphatic heterocycles. The summed E-state index contributed by atoms with van der Waals surface area (Å²) >= 11 is 0. The number of carbonyl (C=O) groups excluding carboxylic acids is 2. The molecule has 2 aliphatic rings. The number of benzene rings is 1. The number of hydrazone groups is 1. The fourth-order valence-electron chi connectivity index (χ4n) is 2.77. The molecule has 1 fully saturated rings. The van der Waals surface area contributed by atoms with Crippen LogP contribution in [0.1, 0.15) is 12.0 Å². The summed E-state index contributed by atoms with van der Waals surface area (Å²) < 4.78 is 4.76. The summed E-state index contributed by atoms with van der Waals surface area (Å²) in [6, 6.07) is 9.50. The van der Waals surface area contributed by atoms with Gasteiger partial charge in [-0.1, -0.05) is 30.3 Å². The molecule has 1 aromatic carbocycles. The van der Waals surface area contributed by atoms with Gasteiger partial charge in [0.05, 0.1) is 18.7 Å². The third-order valence-corrected chi connectivity index (χ3v) is 3.84. The monoisotopic (exact) mass is 258 g/mol. The van der Waals surface area contributed by atoms with E-state index in [9.17, 15) is 9.59 Å². The van der Waals surface area contributed by atoms with E-state index in [4.69, 9.17) is 4.74 Å². The molecule has 1 aliphatic carbocycles. The molecule has 1 unspecified atom stereocenters. The Bertz CT molecular complexity index is 582. The van der Waals surface area contributed by atoms with Gasteiger partial charge in [0.2, 0.25) is 0 Å². The predicted octanol–water partition coefficient (Wildman–Crippen LogP) is 1.04. The van der Waals surface area contributed by atoms with Crippen LogP contribution in [0.4, 0.5) is 0 Å². The number of amides is 1. The minimum atomic E-state index is -0.802. The van der Waals surface area contributed by atoms with Gasteiger partial charge >= 0.3 is 5.97 Å². The van der Waals surface area contributed by atoms with Crippen LogP contribution in [-0.2, 0) is 14.3 Å². The van der Waals surface area contributed by atoms with Crippen molar-refractivity contribution < 1.29 is 14.3 Å². The molecule has 5 heteroatoms. The Labute approximate surface area is 110 Å². The lowest BCUT2D eigenvalue weighted by atomic mass is 9.91. The summed E-state index contributed by atoms with van der Waals surface area (Å²) in [5, 5.41) is 5.64. The van der Waals surface area contributed by atoms with Crippen molar-refractivity contribution in [1.82, 2.24) is 5.01 Å². The zero-order valence-electron chi connectivity index (χ0n) is 10.8. The Balaban J connectivity index is 2.02. The van der Waals surface area contributed by atoms with Gasteiger partial charge in [0, 0.05) is 7.05 Å². The van der Waals surface area contributed by atoms with Crippen LogP contribution in [0, 0.1) is 11.3 Å². The van der Waals surface area contributed by atoms with E-state index in [2.05, 4.69) is 5.10 Å². The Morgan fingerprint density at radius 2 is 2.11 bits per heavy atom. The smallest absolute Gasteiger partial charge is 0.310 e. The van der Waals surface area contributed by atoms with Crippen molar-refractivity contribution in [1.29, 1.82) is 0 Å². The summed E-state index contributed by atoms with van der Waals surface area (Å²) in [6.45, 7) is 0. The van der Waals surface area contributed by atoms with E-state index < -0.39 is 11.3 Å². The lowest BCUT2D eigenvalue weighted by Crippen LogP contribution is -2.30. The Morgan fingerprint density at radius 1 is 1.42 bits per heavy atom. The SMILES string of the molecule is COC(=O)[C@@H]1CC12C(=O)N(C)N=C2c1ccccc1. The van der Waals surface area contributed by atoms with Gasteiger partial charge in [-0.05, 0) is 12.0 Å². The average molecular weight is 258 g/mol. The number of hydrogen-bond donors (Lipinski definition) is 0. The molecule has 1 heterocycles. The number of nitrogens with zero attached hydrogens (tertiary/aromatic N) is 2. The number of rotatable bonds is 2. The molecule has 98 valence electrons. The molecule has 0 bridgehead atoms. The lowest BCUT2D eigenvalue weighted by Gasteiger charge is -2.10. The number of carbonyl (C=O) groups is 2. The van der Waals surface area contributed by atoms with Crippen LogP contribution >= 0.6 is 0 Å². The second kappa shape index (κ2) is 3.91. The first-order valence-electron chi connectivity index (χ1n) is 6.11. The van der Waals surface area contributed by atoms with Crippen LogP contribution in [0.25, 0.3) is 0 Å². The molecule has 0 N–H and O–H groups in total. The Hall–Kier alpha value is -2.17. The van der Waals surface area contributed by atoms with Crippen molar-refractivity contribution in [3.05, 3.63) is 35.9 Å². The molecule has 2 atom stereocenters. The van der Waals surface area contributed by atoms with E-state index in [0.717, 1.165) is 5.56 Å². The van der Waals surface area contributed by atoms with Gasteiger partial charge in [0.25, 0.3) is 5.91 Å². The van der Waals surface area contributed by atoms with Crippen molar-refractivity contribution in [3.8, 4) is 0 Å². The normalized spacial score (nSPS) is 28.5. The van der Waals surface area contributed by atoms with Crippen molar-refractivity contribution in [2.24, 2.45) is 16.4 Å². The zero-order chi connectivity index (χ0) is 13.6. The van der Waals surface area contributed by atoms with Gasteiger partial charge < -0.3 is 4.74 Å². The van der Waals surface area contributed by atoms with E-state index in [1.54, 1.807) is 7.05 Å². The van der Waals surface area contributed by atoms with Crippen LogP contribution in [0.3, 0.4) is 0 Å². The van der Waals surface area contributed by atoms with Crippen molar-refractivity contribution >= 4 is 17.6 Å². The minimum Gasteiger partial charge on any atom is -0.469 e. The molecule has 0 aromatic heterocycles. The van der Waals surface area contributed by atoms with E-state index >= 15 is 0 Å². The number of esters is 1. The molecule has 5 nitrogen and oxygen atoms in total. The lowest BCUT2D eigenvalue weighted by molar-refractivity contribution is -0.145. The van der Waals surface area contributed by atoms with Crippen molar-refractivity contribution in [2.75, 3.05) is 14.2 Å². The number of hydrogen-bond acceptors (Lipinski definition) is 4. The first-order chi connectivity index (χ1) is 9.11. The predicted molar refractivity (Wildman–Crippen MR) is 68.3 cm³/mol. The van der Waals surface area contributed by atoms with Gasteiger partial charge in [-0.15, -0.1) is 0 Å². The second-order valence-electron chi connectivity index (χ2n) is 4.89. The quantitative estimate of drug-likeness (QED) is 0.745. The van der Waals surface area contributed by atoms with Crippen LogP contribution in [-0.4, -0.2) is 36.8 Å². The zero-order valence-corrected chi connectivity index (χ0v) is 10.8. The third kappa shape index (κ3) is 1.51. The first kappa shape index (κ1) is 11.9. The standard InChI is InChI=1S/C14H14N2O3/c1-16-13(18)14(8-10(14)12(17)19-2)11(15-16)9-6-4-3-5-7-9/h3-7,10H,8H2,1-2H3/t10-,14?/m0/s1. The summed E-state index contributed by atoms with van der Waals surface area (Å²) in [7, 11) is 2.96. The fourth-order valence-corrected chi connectivity index (χ4v) is 2.77. The molecule has 1 saturated carbocycles. The number of ether oxygens (including phenoxy) is 1. The molecule has 0 saturated heterocycles. The highest BCUT2D eigenvalue weighted by molar-refractivity contribution is 6.24. The Morgan fingerprint density at radius 3 is 2.74 bits per heavy atom. The Kier molecular flexibility index (Phi) is 2.45. The highest BCUT2D eigenvalue weighted by atomic mass is 16.5. The highest BCUT2D eigenvalue weighted by Gasteiger charge is 2.70. The molecule has 1 aromatic rings. The largest absolute Gasteiger partial charge is 0.469 e. The molecular weight excluding hydrogens is 244 g/mol. The average Bonchev–Trinajstić information content (AvgIpc) is 3.14. The van der Waals surface area contributed by atoms with Crippen molar-refractivity contribution in [3.63, 3.8) is 0 Å². The maximum atomic E-state index is 12.3. The van der Waals surface area contributed by atoms with E-state index in [-0.39, 0.29) is 11.9 Å². The van der Waals surface area contributed by atoms with Crippen LogP contribution < -0.4 is 0 Å². The molecule has 19 heavy (non-hydrogen) atoms. The van der Waals surface area contributed by atoms with E-state index in [0.29, 0.717) is 12.1 Å². The molecule has 1 amide bonds. The van der Waals surface area contributed by atoms with Crippen molar-refractivity contribution in [2.45, 2.75) is 6.42 Å². The highest BCUT2D eigenvalue weighted by Crippen LogP contribution is 2.58. The van der Waals surface area contributed by atoms with Gasteiger partial charge in [-0.3, -0.25) is 9.59 Å². The molecule has 3 rings (SSSR count). The van der Waals surface area contributed by atoms with E-state index in [1.165, 1.54) is 12.1 Å². The minimum absolute atomic E-state index is 0.123. The second-order valence-corrected chi connectivity index (χ2v) is 4.89. The number of methoxy groups -OCH3 is 1. The van der Waals surface area contributed by atoms with Gasteiger partial charge in [0.1, 0.15) is 5.41 Å². The maximum absolute atomic E-state index is 12.3. The summed E-state index contributed by atoms with van der Waals surface area (Å²) in [5.74, 6) is -0.872. The van der Waals surface area contributed by atoms with Crippen LogP contribution in [0.2, 0.25) is 0 Å². The van der Waals surface area contributed by atoms with E-state index in [1.807, 2.05) is 30.3 Å². The van der Waals surface area contributed by atoms with Gasteiger partial charge in [-0.2, -0.15) is 5.10 Å². The first-order valence-corrected chi connectivity index (χ1v) is 6.11. The molecule has 1 spiro atoms. The molecular formula is C14H14N2O3. The van der Waals surface area contributed by atoms with Crippen LogP contribution in [0.5, 0.6) is 0 Å². The van der Waals surface area contributed by atoms with Gasteiger partial charge in [-0.25, -0.2) is 5.01 Å². The van der Waals surface area contributed by atoms with Gasteiger partial charge in [0.15, 0.2) is 0 Å². The maximum Gasteiger partial charge on any atom is 0.310 e. The topological polar surface area (TPSA) is 59.0 Å². The summed E-state index contributed by atoms with van der Waals surface area (Å²) in [6.07, 6.45) is 0.483. The molecule has 0 radical (unpaired) electrons. The van der Waals surface area contributed by atoms with Crippen LogP contribution in [0.15, 0.2) is 35.4 Å². The summed E-state index contributed by atoms with van der Waals surface area (Å²) in [4.78, 5) is 24.0.